The quantitative estimate of drug-likeness (QED) is 0.358. The van der Waals surface area contributed by atoms with Gasteiger partial charge in [0, 0.05) is 16.9 Å². The van der Waals surface area contributed by atoms with E-state index in [-0.39, 0.29) is 0 Å². The fraction of sp³-hybridized carbons (Fsp3) is 0.0690. The van der Waals surface area contributed by atoms with Gasteiger partial charge in [-0.25, -0.2) is 0 Å². The summed E-state index contributed by atoms with van der Waals surface area (Å²) in [6.07, 6.45) is 0. The minimum absolute atomic E-state index is 0.584. The lowest BCUT2D eigenvalue weighted by Crippen LogP contribution is -2.25. The Bertz CT molecular complexity index is 1170. The van der Waals surface area contributed by atoms with Crippen LogP contribution in [0.15, 0.2) is 126 Å². The van der Waals surface area contributed by atoms with E-state index < -0.39 is 5.54 Å². The van der Waals surface area contributed by atoms with E-state index in [0.29, 0.717) is 0 Å². The minimum atomic E-state index is -0.584. The standard InChI is InChI=1S/C29H23N/c1-22-27(23-14-6-2-7-15-23)28(24-16-8-3-9-17-24)29(30-22,25-18-10-4-11-19-25)26-20-12-5-13-21-26/h2-21H,1H3. The molecule has 0 fully saturated rings. The van der Waals surface area contributed by atoms with Crippen molar-refractivity contribution in [2.24, 2.45) is 4.99 Å². The van der Waals surface area contributed by atoms with Crippen LogP contribution in [0.5, 0.6) is 0 Å². The van der Waals surface area contributed by atoms with Gasteiger partial charge in [0.15, 0.2) is 0 Å². The highest BCUT2D eigenvalue weighted by molar-refractivity contribution is 6.33. The third kappa shape index (κ3) is 2.91. The van der Waals surface area contributed by atoms with E-state index in [0.717, 1.165) is 5.71 Å². The zero-order valence-corrected chi connectivity index (χ0v) is 17.0. The smallest absolute Gasteiger partial charge is 0.137 e. The van der Waals surface area contributed by atoms with Gasteiger partial charge in [0.05, 0.1) is 0 Å². The van der Waals surface area contributed by atoms with E-state index in [9.17, 15) is 0 Å². The van der Waals surface area contributed by atoms with Gasteiger partial charge in [0.1, 0.15) is 5.54 Å². The van der Waals surface area contributed by atoms with Crippen LogP contribution >= 0.6 is 0 Å². The van der Waals surface area contributed by atoms with Crippen molar-refractivity contribution in [3.63, 3.8) is 0 Å². The number of hydrogen-bond acceptors (Lipinski definition) is 1. The van der Waals surface area contributed by atoms with E-state index in [4.69, 9.17) is 4.99 Å². The van der Waals surface area contributed by atoms with Gasteiger partial charge in [-0.2, -0.15) is 0 Å². The highest BCUT2D eigenvalue weighted by Crippen LogP contribution is 2.53. The number of benzene rings is 4. The molecule has 4 aromatic carbocycles. The van der Waals surface area contributed by atoms with Crippen molar-refractivity contribution in [2.75, 3.05) is 0 Å². The molecule has 1 aliphatic rings. The van der Waals surface area contributed by atoms with Crippen molar-refractivity contribution in [1.82, 2.24) is 0 Å². The average molecular weight is 386 g/mol. The summed E-state index contributed by atoms with van der Waals surface area (Å²) in [5.74, 6) is 0. The molecule has 1 aliphatic heterocycles. The SMILES string of the molecule is CC1=NC(c2ccccc2)(c2ccccc2)C(c2ccccc2)=C1c1ccccc1. The molecular weight excluding hydrogens is 362 g/mol. The third-order valence-corrected chi connectivity index (χ3v) is 5.82. The van der Waals surface area contributed by atoms with Crippen LogP contribution < -0.4 is 0 Å². The van der Waals surface area contributed by atoms with Gasteiger partial charge in [-0.1, -0.05) is 121 Å². The number of hydrogen-bond donors (Lipinski definition) is 0. The first-order chi connectivity index (χ1) is 14.8. The van der Waals surface area contributed by atoms with Gasteiger partial charge >= 0.3 is 0 Å². The summed E-state index contributed by atoms with van der Waals surface area (Å²) in [4.78, 5) is 5.42. The van der Waals surface area contributed by atoms with Crippen molar-refractivity contribution in [2.45, 2.75) is 12.5 Å². The normalized spacial score (nSPS) is 15.2. The van der Waals surface area contributed by atoms with E-state index >= 15 is 0 Å². The predicted octanol–water partition coefficient (Wildman–Crippen LogP) is 7.02. The first kappa shape index (κ1) is 18.3. The summed E-state index contributed by atoms with van der Waals surface area (Å²) in [5.41, 5.74) is 7.70. The summed E-state index contributed by atoms with van der Waals surface area (Å²) in [7, 11) is 0. The number of aliphatic imine (C=N–C) groups is 1. The van der Waals surface area contributed by atoms with Crippen molar-refractivity contribution in [3.05, 3.63) is 144 Å². The molecule has 0 atom stereocenters. The molecule has 1 heteroatoms. The zero-order chi connectivity index (χ0) is 20.4. The Balaban J connectivity index is 1.92. The van der Waals surface area contributed by atoms with E-state index in [2.05, 4.69) is 128 Å². The second kappa shape index (κ2) is 7.61. The van der Waals surface area contributed by atoms with E-state index in [1.54, 1.807) is 0 Å². The maximum absolute atomic E-state index is 5.42. The Kier molecular flexibility index (Phi) is 4.65. The molecular formula is C29H23N. The lowest BCUT2D eigenvalue weighted by Gasteiger charge is -2.32. The Hall–Kier alpha value is -3.71. The van der Waals surface area contributed by atoms with Crippen LogP contribution in [0, 0.1) is 0 Å². The van der Waals surface area contributed by atoms with Crippen LogP contribution in [0.2, 0.25) is 0 Å². The van der Waals surface area contributed by atoms with Crippen molar-refractivity contribution < 1.29 is 0 Å². The Labute approximate surface area is 178 Å². The van der Waals surface area contributed by atoms with Gasteiger partial charge in [0.25, 0.3) is 0 Å². The summed E-state index contributed by atoms with van der Waals surface area (Å²) in [5, 5.41) is 0. The molecule has 1 nitrogen and oxygen atoms in total. The Morgan fingerprint density at radius 3 is 1.37 bits per heavy atom. The van der Waals surface area contributed by atoms with E-state index in [1.165, 1.54) is 33.4 Å². The molecule has 4 aromatic rings. The summed E-state index contributed by atoms with van der Waals surface area (Å²) in [6, 6.07) is 42.7. The average Bonchev–Trinajstić information content (AvgIpc) is 3.15. The second-order valence-electron chi connectivity index (χ2n) is 7.62. The molecule has 0 N–H and O–H groups in total. The number of rotatable bonds is 4. The second-order valence-corrected chi connectivity index (χ2v) is 7.62. The maximum Gasteiger partial charge on any atom is 0.137 e. The maximum atomic E-state index is 5.42. The van der Waals surface area contributed by atoms with Gasteiger partial charge in [-0.15, -0.1) is 0 Å². The molecule has 0 bridgehead atoms. The van der Waals surface area contributed by atoms with E-state index in [1.807, 2.05) is 0 Å². The van der Waals surface area contributed by atoms with Gasteiger partial charge in [-0.3, -0.25) is 4.99 Å². The molecule has 0 aromatic heterocycles. The molecule has 0 saturated carbocycles. The highest BCUT2D eigenvalue weighted by Gasteiger charge is 2.44. The van der Waals surface area contributed by atoms with Crippen molar-refractivity contribution >= 4 is 16.9 Å². The van der Waals surface area contributed by atoms with Crippen LogP contribution in [0.4, 0.5) is 0 Å². The molecule has 0 radical (unpaired) electrons. The molecule has 5 rings (SSSR count). The van der Waals surface area contributed by atoms with Crippen LogP contribution in [0.1, 0.15) is 29.2 Å². The molecule has 0 saturated heterocycles. The molecule has 0 spiro atoms. The van der Waals surface area contributed by atoms with Gasteiger partial charge < -0.3 is 0 Å². The number of nitrogens with zero attached hydrogens (tertiary/aromatic N) is 1. The summed E-state index contributed by atoms with van der Waals surface area (Å²) < 4.78 is 0. The van der Waals surface area contributed by atoms with Crippen LogP contribution in [-0.4, -0.2) is 5.71 Å². The molecule has 1 heterocycles. The molecule has 0 unspecified atom stereocenters. The van der Waals surface area contributed by atoms with Gasteiger partial charge in [0.2, 0.25) is 0 Å². The monoisotopic (exact) mass is 385 g/mol. The molecule has 0 aliphatic carbocycles. The largest absolute Gasteiger partial charge is 0.268 e. The Morgan fingerprint density at radius 1 is 0.500 bits per heavy atom. The topological polar surface area (TPSA) is 12.4 Å². The lowest BCUT2D eigenvalue weighted by atomic mass is 9.73. The first-order valence-electron chi connectivity index (χ1n) is 10.3. The molecule has 0 amide bonds. The molecule has 30 heavy (non-hydrogen) atoms. The van der Waals surface area contributed by atoms with Crippen molar-refractivity contribution in [3.8, 4) is 0 Å². The minimum Gasteiger partial charge on any atom is -0.268 e. The van der Waals surface area contributed by atoms with Crippen LogP contribution in [0.25, 0.3) is 11.1 Å². The summed E-state index contributed by atoms with van der Waals surface area (Å²) >= 11 is 0. The van der Waals surface area contributed by atoms with Crippen LogP contribution in [0.3, 0.4) is 0 Å². The molecule has 144 valence electrons. The third-order valence-electron chi connectivity index (χ3n) is 5.82. The highest BCUT2D eigenvalue weighted by atomic mass is 14.9. The predicted molar refractivity (Wildman–Crippen MR) is 126 cm³/mol. The fourth-order valence-corrected chi connectivity index (χ4v) is 4.58. The van der Waals surface area contributed by atoms with Crippen LogP contribution in [-0.2, 0) is 5.54 Å². The number of allylic oxidation sites excluding steroid dienone is 1. The summed E-state index contributed by atoms with van der Waals surface area (Å²) in [6.45, 7) is 2.14. The van der Waals surface area contributed by atoms with Gasteiger partial charge in [-0.05, 0) is 29.2 Å². The Morgan fingerprint density at radius 2 is 0.900 bits per heavy atom. The zero-order valence-electron chi connectivity index (χ0n) is 17.0. The van der Waals surface area contributed by atoms with Crippen molar-refractivity contribution in [1.29, 1.82) is 0 Å². The first-order valence-corrected chi connectivity index (χ1v) is 10.3. The lowest BCUT2D eigenvalue weighted by molar-refractivity contribution is 0.718. The fourth-order valence-electron chi connectivity index (χ4n) is 4.58.